The monoisotopic (exact) mass is 474 g/mol. The van der Waals surface area contributed by atoms with Crippen molar-refractivity contribution in [3.05, 3.63) is 64.2 Å². The zero-order valence-electron chi connectivity index (χ0n) is 23.0. The van der Waals surface area contributed by atoms with Crippen molar-refractivity contribution in [2.75, 3.05) is 0 Å². The maximum absolute atomic E-state index is 12.4. The molecule has 35 heavy (non-hydrogen) atoms. The molecule has 0 aliphatic heterocycles. The molecule has 5 atom stereocenters. The number of fused-ring (bicyclic) bond motifs is 5. The van der Waals surface area contributed by atoms with Gasteiger partial charge in [0.15, 0.2) is 0 Å². The number of phenols is 1. The molecule has 2 aromatic carbocycles. The molecule has 190 valence electrons. The van der Waals surface area contributed by atoms with Gasteiger partial charge in [0.1, 0.15) is 5.75 Å². The smallest absolute Gasteiger partial charge is 0.115 e. The molecule has 0 amide bonds. The van der Waals surface area contributed by atoms with Gasteiger partial charge in [-0.05, 0) is 112 Å². The average Bonchev–Trinajstić information content (AvgIpc) is 3.02. The van der Waals surface area contributed by atoms with Crippen LogP contribution in [0.3, 0.4) is 0 Å². The van der Waals surface area contributed by atoms with Crippen LogP contribution in [0.5, 0.6) is 5.75 Å². The van der Waals surface area contributed by atoms with Gasteiger partial charge in [0.25, 0.3) is 0 Å². The van der Waals surface area contributed by atoms with E-state index in [-0.39, 0.29) is 16.2 Å². The van der Waals surface area contributed by atoms with E-state index < -0.39 is 5.60 Å². The van der Waals surface area contributed by atoms with E-state index in [0.717, 1.165) is 38.5 Å². The Morgan fingerprint density at radius 1 is 0.857 bits per heavy atom. The lowest BCUT2D eigenvalue weighted by molar-refractivity contribution is -0.102. The fourth-order valence-electron chi connectivity index (χ4n) is 7.97. The Morgan fingerprint density at radius 2 is 1.51 bits per heavy atom. The van der Waals surface area contributed by atoms with Gasteiger partial charge in [-0.15, -0.1) is 0 Å². The molecule has 2 N–H and O–H groups in total. The summed E-state index contributed by atoms with van der Waals surface area (Å²) in [6, 6.07) is 13.2. The van der Waals surface area contributed by atoms with Crippen molar-refractivity contribution in [3.8, 4) is 5.75 Å². The first-order valence-electron chi connectivity index (χ1n) is 13.9. The molecular weight excluding hydrogens is 428 g/mol. The van der Waals surface area contributed by atoms with Crippen LogP contribution in [-0.4, -0.2) is 15.8 Å². The highest BCUT2D eigenvalue weighted by Gasteiger charge is 2.61. The summed E-state index contributed by atoms with van der Waals surface area (Å²) < 4.78 is 0. The van der Waals surface area contributed by atoms with Crippen molar-refractivity contribution in [3.63, 3.8) is 0 Å². The van der Waals surface area contributed by atoms with Crippen molar-refractivity contribution in [2.45, 2.75) is 116 Å². The lowest BCUT2D eigenvalue weighted by atomic mass is 9.52. The number of benzene rings is 2. The number of hydrogen-bond donors (Lipinski definition) is 2. The van der Waals surface area contributed by atoms with Crippen LogP contribution in [0.2, 0.25) is 0 Å². The molecule has 3 aliphatic carbocycles. The van der Waals surface area contributed by atoms with Crippen molar-refractivity contribution in [1.29, 1.82) is 0 Å². The van der Waals surface area contributed by atoms with Gasteiger partial charge in [0.2, 0.25) is 0 Å². The Morgan fingerprint density at radius 3 is 2.14 bits per heavy atom. The first kappa shape index (κ1) is 24.9. The van der Waals surface area contributed by atoms with E-state index in [0.29, 0.717) is 23.5 Å². The summed E-state index contributed by atoms with van der Waals surface area (Å²) in [6.07, 6.45) is 7.27. The standard InChI is InChI=1S/C33H46O2/c1-30(2,3)23-16-21(17-24(19-23)31(4,5)6)20-33(35)15-13-29-28-10-8-22-18-25(34)9-11-26(22)27(28)12-14-32(29,33)7/h9,11,16-19,27-29,34-35H,8,10,12-15,20H2,1-7H3/t27-,28-,29+,32+,33-/m1/s1. The molecule has 0 spiro atoms. The number of aliphatic hydroxyl groups is 1. The van der Waals surface area contributed by atoms with Crippen molar-refractivity contribution < 1.29 is 10.2 Å². The maximum atomic E-state index is 12.4. The maximum Gasteiger partial charge on any atom is 0.115 e. The second kappa shape index (κ2) is 8.10. The molecule has 0 aromatic heterocycles. The van der Waals surface area contributed by atoms with Crippen LogP contribution < -0.4 is 0 Å². The first-order chi connectivity index (χ1) is 16.2. The molecule has 2 saturated carbocycles. The van der Waals surface area contributed by atoms with Crippen LogP contribution in [0.15, 0.2) is 36.4 Å². The molecule has 0 unspecified atom stereocenters. The Bertz CT molecular complexity index is 1080. The summed E-state index contributed by atoms with van der Waals surface area (Å²) in [5.74, 6) is 2.19. The van der Waals surface area contributed by atoms with E-state index >= 15 is 0 Å². The van der Waals surface area contributed by atoms with E-state index in [1.807, 2.05) is 12.1 Å². The molecule has 2 aromatic rings. The lowest BCUT2D eigenvalue weighted by Crippen LogP contribution is -2.52. The quantitative estimate of drug-likeness (QED) is 0.466. The number of hydrogen-bond acceptors (Lipinski definition) is 2. The Labute approximate surface area is 213 Å². The molecule has 0 bridgehead atoms. The number of aryl methyl sites for hydroxylation is 1. The van der Waals surface area contributed by atoms with Crippen LogP contribution in [0, 0.1) is 17.3 Å². The van der Waals surface area contributed by atoms with Gasteiger partial charge in [-0.3, -0.25) is 0 Å². The molecule has 3 aliphatic rings. The summed E-state index contributed by atoms with van der Waals surface area (Å²) in [5, 5.41) is 22.4. The first-order valence-corrected chi connectivity index (χ1v) is 13.9. The Balaban J connectivity index is 1.46. The highest BCUT2D eigenvalue weighted by molar-refractivity contribution is 5.41. The topological polar surface area (TPSA) is 40.5 Å². The van der Waals surface area contributed by atoms with Gasteiger partial charge in [0, 0.05) is 6.42 Å². The third kappa shape index (κ3) is 4.14. The molecule has 2 nitrogen and oxygen atoms in total. The van der Waals surface area contributed by atoms with Gasteiger partial charge in [-0.25, -0.2) is 0 Å². The molecular formula is C33H46O2. The molecule has 0 heterocycles. The average molecular weight is 475 g/mol. The summed E-state index contributed by atoms with van der Waals surface area (Å²) >= 11 is 0. The molecule has 2 heteroatoms. The van der Waals surface area contributed by atoms with Crippen LogP contribution in [-0.2, 0) is 23.7 Å². The van der Waals surface area contributed by atoms with Gasteiger partial charge in [-0.2, -0.15) is 0 Å². The van der Waals surface area contributed by atoms with E-state index in [1.165, 1.54) is 34.2 Å². The van der Waals surface area contributed by atoms with Crippen LogP contribution in [0.1, 0.15) is 114 Å². The predicted molar refractivity (Wildman–Crippen MR) is 145 cm³/mol. The third-order valence-corrected chi connectivity index (χ3v) is 10.3. The van der Waals surface area contributed by atoms with E-state index in [2.05, 4.69) is 72.7 Å². The Kier molecular flexibility index (Phi) is 5.76. The minimum absolute atomic E-state index is 0.0395. The van der Waals surface area contributed by atoms with Gasteiger partial charge in [-0.1, -0.05) is 72.7 Å². The second-order valence-electron chi connectivity index (χ2n) is 14.4. The van der Waals surface area contributed by atoms with Crippen LogP contribution >= 0.6 is 0 Å². The zero-order valence-corrected chi connectivity index (χ0v) is 23.0. The fraction of sp³-hybridized carbons (Fsp3) is 0.636. The van der Waals surface area contributed by atoms with E-state index in [1.54, 1.807) is 0 Å². The normalized spacial score (nSPS) is 32.6. The van der Waals surface area contributed by atoms with Crippen LogP contribution in [0.4, 0.5) is 0 Å². The van der Waals surface area contributed by atoms with Crippen molar-refractivity contribution in [1.82, 2.24) is 0 Å². The van der Waals surface area contributed by atoms with E-state index in [4.69, 9.17) is 0 Å². The van der Waals surface area contributed by atoms with E-state index in [9.17, 15) is 10.2 Å². The highest BCUT2D eigenvalue weighted by Crippen LogP contribution is 2.65. The minimum Gasteiger partial charge on any atom is -0.508 e. The number of phenolic OH excluding ortho intramolecular Hbond substituents is 1. The van der Waals surface area contributed by atoms with Gasteiger partial charge in [0.05, 0.1) is 5.60 Å². The SMILES string of the molecule is CC(C)(C)c1cc(C[C@]2(O)CC[C@H]3[C@@H]4CCc5cc(O)ccc5[C@H]4CC[C@@]32C)cc(C(C)(C)C)c1. The summed E-state index contributed by atoms with van der Waals surface area (Å²) in [7, 11) is 0. The van der Waals surface area contributed by atoms with Crippen molar-refractivity contribution in [2.24, 2.45) is 17.3 Å². The Hall–Kier alpha value is -1.80. The second-order valence-corrected chi connectivity index (χ2v) is 14.4. The minimum atomic E-state index is -0.649. The molecule has 0 radical (unpaired) electrons. The van der Waals surface area contributed by atoms with Crippen LogP contribution in [0.25, 0.3) is 0 Å². The zero-order chi connectivity index (χ0) is 25.4. The summed E-state index contributed by atoms with van der Waals surface area (Å²) in [6.45, 7) is 16.2. The lowest BCUT2D eigenvalue weighted by Gasteiger charge is -2.53. The van der Waals surface area contributed by atoms with Crippen molar-refractivity contribution >= 4 is 0 Å². The predicted octanol–water partition coefficient (Wildman–Crippen LogP) is 7.82. The summed E-state index contributed by atoms with van der Waals surface area (Å²) in [5.41, 5.74) is 6.34. The van der Waals surface area contributed by atoms with Gasteiger partial charge >= 0.3 is 0 Å². The molecule has 2 fully saturated rings. The highest BCUT2D eigenvalue weighted by atomic mass is 16.3. The number of aromatic hydroxyl groups is 1. The van der Waals surface area contributed by atoms with Gasteiger partial charge < -0.3 is 10.2 Å². The molecule has 0 saturated heterocycles. The fourth-order valence-corrected chi connectivity index (χ4v) is 7.97. The number of rotatable bonds is 2. The largest absolute Gasteiger partial charge is 0.508 e. The third-order valence-electron chi connectivity index (χ3n) is 10.3. The summed E-state index contributed by atoms with van der Waals surface area (Å²) in [4.78, 5) is 0. The molecule has 5 rings (SSSR count).